The van der Waals surface area contributed by atoms with E-state index in [1.165, 1.54) is 0 Å². The zero-order chi connectivity index (χ0) is 11.3. The summed E-state index contributed by atoms with van der Waals surface area (Å²) in [6.07, 6.45) is 1.01. The Labute approximate surface area is 91.3 Å². The molecule has 0 amide bonds. The molecule has 0 saturated carbocycles. The number of esters is 1. The minimum Gasteiger partial charge on any atom is -0.463 e. The first-order valence-electron chi connectivity index (χ1n) is 5.66. The molecule has 4 heteroatoms. The van der Waals surface area contributed by atoms with Crippen LogP contribution >= 0.6 is 0 Å². The van der Waals surface area contributed by atoms with E-state index in [0.29, 0.717) is 13.2 Å². The van der Waals surface area contributed by atoms with Crippen molar-refractivity contribution in [2.24, 2.45) is 5.92 Å². The van der Waals surface area contributed by atoms with Crippen molar-refractivity contribution in [1.29, 1.82) is 0 Å². The third kappa shape index (κ3) is 3.80. The lowest BCUT2D eigenvalue weighted by molar-refractivity contribution is -0.152. The lowest BCUT2D eigenvalue weighted by Gasteiger charge is -2.18. The van der Waals surface area contributed by atoms with Gasteiger partial charge in [-0.15, -0.1) is 0 Å². The summed E-state index contributed by atoms with van der Waals surface area (Å²) in [6.45, 7) is 7.83. The van der Waals surface area contributed by atoms with Gasteiger partial charge in [-0.2, -0.15) is 0 Å². The van der Waals surface area contributed by atoms with Crippen molar-refractivity contribution in [3.8, 4) is 0 Å². The molecule has 4 nitrogen and oxygen atoms in total. The standard InChI is InChI=1S/C11H21NO3/c1-4-5-12-10-7-14-6-9(10)11(13)15-8(2)3/h8-10,12H,4-7H2,1-3H3. The molecule has 2 atom stereocenters. The predicted octanol–water partition coefficient (Wildman–Crippen LogP) is 0.953. The zero-order valence-corrected chi connectivity index (χ0v) is 9.79. The lowest BCUT2D eigenvalue weighted by Crippen LogP contribution is -2.40. The Hall–Kier alpha value is -0.610. The second-order valence-electron chi connectivity index (χ2n) is 4.19. The van der Waals surface area contributed by atoms with E-state index in [0.717, 1.165) is 13.0 Å². The van der Waals surface area contributed by atoms with Gasteiger partial charge in [0.2, 0.25) is 0 Å². The molecule has 1 aliphatic rings. The maximum Gasteiger partial charge on any atom is 0.313 e. The van der Waals surface area contributed by atoms with Crippen molar-refractivity contribution >= 4 is 5.97 Å². The maximum absolute atomic E-state index is 11.7. The molecular formula is C11H21NO3. The van der Waals surface area contributed by atoms with E-state index in [2.05, 4.69) is 12.2 Å². The van der Waals surface area contributed by atoms with E-state index >= 15 is 0 Å². The third-order valence-corrected chi connectivity index (χ3v) is 2.39. The van der Waals surface area contributed by atoms with Crippen LogP contribution in [0.2, 0.25) is 0 Å². The van der Waals surface area contributed by atoms with Crippen molar-refractivity contribution in [2.45, 2.75) is 39.3 Å². The highest BCUT2D eigenvalue weighted by Gasteiger charge is 2.35. The van der Waals surface area contributed by atoms with Crippen LogP contribution in [0.1, 0.15) is 27.2 Å². The summed E-state index contributed by atoms with van der Waals surface area (Å²) in [5, 5.41) is 3.31. The molecule has 2 unspecified atom stereocenters. The normalized spacial score (nSPS) is 25.9. The minimum absolute atomic E-state index is 0.0510. The highest BCUT2D eigenvalue weighted by atomic mass is 16.5. The first-order valence-corrected chi connectivity index (χ1v) is 5.66. The van der Waals surface area contributed by atoms with Crippen LogP contribution in [-0.4, -0.2) is 37.9 Å². The summed E-state index contributed by atoms with van der Waals surface area (Å²) >= 11 is 0. The molecule has 1 rings (SSSR count). The van der Waals surface area contributed by atoms with E-state index < -0.39 is 0 Å². The molecule has 0 bridgehead atoms. The smallest absolute Gasteiger partial charge is 0.313 e. The van der Waals surface area contributed by atoms with Gasteiger partial charge in [0.25, 0.3) is 0 Å². The number of carbonyl (C=O) groups excluding carboxylic acids is 1. The number of ether oxygens (including phenoxy) is 2. The summed E-state index contributed by atoms with van der Waals surface area (Å²) in [4.78, 5) is 11.7. The molecule has 1 heterocycles. The number of rotatable bonds is 5. The van der Waals surface area contributed by atoms with E-state index in [1.54, 1.807) is 0 Å². The second-order valence-corrected chi connectivity index (χ2v) is 4.19. The highest BCUT2D eigenvalue weighted by molar-refractivity contribution is 5.74. The van der Waals surface area contributed by atoms with Gasteiger partial charge in [-0.05, 0) is 26.8 Å². The van der Waals surface area contributed by atoms with Gasteiger partial charge in [0.1, 0.15) is 0 Å². The van der Waals surface area contributed by atoms with E-state index in [9.17, 15) is 4.79 Å². The van der Waals surface area contributed by atoms with Crippen LogP contribution in [0.5, 0.6) is 0 Å². The molecule has 0 aromatic carbocycles. The molecule has 1 saturated heterocycles. The molecule has 15 heavy (non-hydrogen) atoms. The van der Waals surface area contributed by atoms with Gasteiger partial charge in [-0.3, -0.25) is 4.79 Å². The average Bonchev–Trinajstić information content (AvgIpc) is 2.61. The van der Waals surface area contributed by atoms with Gasteiger partial charge < -0.3 is 14.8 Å². The first kappa shape index (κ1) is 12.5. The molecule has 1 aliphatic heterocycles. The van der Waals surface area contributed by atoms with Crippen LogP contribution in [0, 0.1) is 5.92 Å². The summed E-state index contributed by atoms with van der Waals surface area (Å²) in [5.74, 6) is -0.282. The summed E-state index contributed by atoms with van der Waals surface area (Å²) in [6, 6.07) is 0.121. The molecular weight excluding hydrogens is 194 g/mol. The quantitative estimate of drug-likeness (QED) is 0.694. The van der Waals surface area contributed by atoms with Crippen LogP contribution in [0.3, 0.4) is 0 Å². The van der Waals surface area contributed by atoms with E-state index in [4.69, 9.17) is 9.47 Å². The van der Waals surface area contributed by atoms with Crippen molar-refractivity contribution < 1.29 is 14.3 Å². The fraction of sp³-hybridized carbons (Fsp3) is 0.909. The molecule has 0 radical (unpaired) electrons. The van der Waals surface area contributed by atoms with Gasteiger partial charge in [0, 0.05) is 6.04 Å². The Kier molecular flexibility index (Phi) is 5.05. The minimum atomic E-state index is -0.142. The number of carbonyl (C=O) groups is 1. The van der Waals surface area contributed by atoms with Crippen LogP contribution in [0.25, 0.3) is 0 Å². The van der Waals surface area contributed by atoms with Crippen molar-refractivity contribution in [1.82, 2.24) is 5.32 Å². The Morgan fingerprint density at radius 2 is 2.27 bits per heavy atom. The van der Waals surface area contributed by atoms with Gasteiger partial charge in [-0.25, -0.2) is 0 Å². The van der Waals surface area contributed by atoms with Crippen molar-refractivity contribution in [3.05, 3.63) is 0 Å². The summed E-state index contributed by atoms with van der Waals surface area (Å²) in [7, 11) is 0. The van der Waals surface area contributed by atoms with Gasteiger partial charge >= 0.3 is 5.97 Å². The Bertz CT molecular complexity index is 206. The Morgan fingerprint density at radius 3 is 2.87 bits per heavy atom. The van der Waals surface area contributed by atoms with Gasteiger partial charge in [-0.1, -0.05) is 6.92 Å². The molecule has 0 spiro atoms. The largest absolute Gasteiger partial charge is 0.463 e. The summed E-state index contributed by atoms with van der Waals surface area (Å²) in [5.41, 5.74) is 0. The van der Waals surface area contributed by atoms with Gasteiger partial charge in [0.05, 0.1) is 25.2 Å². The topological polar surface area (TPSA) is 47.6 Å². The Morgan fingerprint density at radius 1 is 1.53 bits per heavy atom. The van der Waals surface area contributed by atoms with Crippen molar-refractivity contribution in [3.63, 3.8) is 0 Å². The lowest BCUT2D eigenvalue weighted by atomic mass is 10.0. The van der Waals surface area contributed by atoms with E-state index in [1.807, 2.05) is 13.8 Å². The third-order valence-electron chi connectivity index (χ3n) is 2.39. The fourth-order valence-corrected chi connectivity index (χ4v) is 1.64. The first-order chi connectivity index (χ1) is 7.15. The average molecular weight is 215 g/mol. The van der Waals surface area contributed by atoms with Crippen LogP contribution in [0.4, 0.5) is 0 Å². The van der Waals surface area contributed by atoms with Crippen LogP contribution in [-0.2, 0) is 14.3 Å². The predicted molar refractivity (Wildman–Crippen MR) is 57.6 cm³/mol. The highest BCUT2D eigenvalue weighted by Crippen LogP contribution is 2.16. The molecule has 1 N–H and O–H groups in total. The van der Waals surface area contributed by atoms with Crippen LogP contribution in [0.15, 0.2) is 0 Å². The maximum atomic E-state index is 11.7. The molecule has 0 aromatic rings. The van der Waals surface area contributed by atoms with Crippen molar-refractivity contribution in [2.75, 3.05) is 19.8 Å². The Balaban J connectivity index is 2.41. The van der Waals surface area contributed by atoms with Gasteiger partial charge in [0.15, 0.2) is 0 Å². The fourth-order valence-electron chi connectivity index (χ4n) is 1.64. The monoisotopic (exact) mass is 215 g/mol. The number of hydrogen-bond donors (Lipinski definition) is 1. The SMILES string of the molecule is CCCNC1COCC1C(=O)OC(C)C. The summed E-state index contributed by atoms with van der Waals surface area (Å²) < 4.78 is 10.5. The zero-order valence-electron chi connectivity index (χ0n) is 9.79. The number of hydrogen-bond acceptors (Lipinski definition) is 4. The molecule has 1 fully saturated rings. The number of nitrogens with one attached hydrogen (secondary N) is 1. The molecule has 88 valence electrons. The molecule has 0 aliphatic carbocycles. The second kappa shape index (κ2) is 6.08. The van der Waals surface area contributed by atoms with Crippen LogP contribution < -0.4 is 5.32 Å². The molecule has 0 aromatic heterocycles. The van der Waals surface area contributed by atoms with E-state index in [-0.39, 0.29) is 24.0 Å².